The fourth-order valence-electron chi connectivity index (χ4n) is 3.73. The lowest BCUT2D eigenvalue weighted by molar-refractivity contribution is 0.0955. The van der Waals surface area contributed by atoms with Gasteiger partial charge in [-0.15, -0.1) is 0 Å². The smallest absolute Gasteiger partial charge is 0.271 e. The van der Waals surface area contributed by atoms with Crippen LogP contribution < -0.4 is 10.2 Å². The van der Waals surface area contributed by atoms with Crippen molar-refractivity contribution >= 4 is 22.9 Å². The lowest BCUT2D eigenvalue weighted by Crippen LogP contribution is -2.17. The number of fused-ring (bicyclic) bond motifs is 1. The highest BCUT2D eigenvalue weighted by Gasteiger charge is 2.10. The minimum absolute atomic E-state index is 0.234. The molecule has 4 rings (SSSR count). The SMILES string of the molecule is CCOc1ccc(-n2c(C)cc(/C=N/NC(=O)c3ccc4ccccc4c3)c2C)cc1. The van der Waals surface area contributed by atoms with Gasteiger partial charge in [0.1, 0.15) is 5.75 Å². The molecule has 0 unspecified atom stereocenters. The van der Waals surface area contributed by atoms with Gasteiger partial charge in [-0.2, -0.15) is 5.10 Å². The van der Waals surface area contributed by atoms with Gasteiger partial charge in [0.05, 0.1) is 12.8 Å². The number of ether oxygens (including phenoxy) is 1. The van der Waals surface area contributed by atoms with Gasteiger partial charge in [-0.25, -0.2) is 5.43 Å². The highest BCUT2D eigenvalue weighted by atomic mass is 16.5. The normalized spacial score (nSPS) is 11.2. The summed E-state index contributed by atoms with van der Waals surface area (Å²) >= 11 is 0. The first-order valence-corrected chi connectivity index (χ1v) is 10.3. The van der Waals surface area contributed by atoms with Gasteiger partial charge in [-0.1, -0.05) is 30.3 Å². The number of rotatable bonds is 6. The van der Waals surface area contributed by atoms with Crippen LogP contribution in [0.15, 0.2) is 77.9 Å². The van der Waals surface area contributed by atoms with Crippen LogP contribution in [-0.2, 0) is 0 Å². The number of nitrogens with zero attached hydrogens (tertiary/aromatic N) is 2. The Morgan fingerprint density at radius 3 is 2.48 bits per heavy atom. The standard InChI is InChI=1S/C26H25N3O2/c1-4-31-25-13-11-24(12-14-25)29-18(2)15-23(19(29)3)17-27-28-26(30)22-10-9-20-7-5-6-8-21(20)16-22/h5-17H,4H2,1-3H3,(H,28,30)/b27-17+. The van der Waals surface area contributed by atoms with Crippen LogP contribution in [0.1, 0.15) is 34.2 Å². The van der Waals surface area contributed by atoms with Crippen LogP contribution in [0, 0.1) is 13.8 Å². The van der Waals surface area contributed by atoms with E-state index in [4.69, 9.17) is 4.74 Å². The number of hydrazone groups is 1. The molecular weight excluding hydrogens is 386 g/mol. The summed E-state index contributed by atoms with van der Waals surface area (Å²) in [6, 6.07) is 23.6. The van der Waals surface area contributed by atoms with Gasteiger partial charge in [0, 0.05) is 28.2 Å². The molecule has 1 aromatic heterocycles. The van der Waals surface area contributed by atoms with Crippen LogP contribution in [0.3, 0.4) is 0 Å². The maximum absolute atomic E-state index is 12.5. The highest BCUT2D eigenvalue weighted by Crippen LogP contribution is 2.22. The summed E-state index contributed by atoms with van der Waals surface area (Å²) in [6.07, 6.45) is 1.69. The van der Waals surface area contributed by atoms with Gasteiger partial charge in [-0.05, 0) is 74.0 Å². The van der Waals surface area contributed by atoms with E-state index in [0.29, 0.717) is 12.2 Å². The second-order valence-electron chi connectivity index (χ2n) is 7.35. The molecule has 0 spiro atoms. The summed E-state index contributed by atoms with van der Waals surface area (Å²) in [5.41, 5.74) is 7.35. The van der Waals surface area contributed by atoms with E-state index >= 15 is 0 Å². The molecule has 0 saturated carbocycles. The van der Waals surface area contributed by atoms with Crippen molar-refractivity contribution in [1.29, 1.82) is 0 Å². The Bertz CT molecular complexity index is 1250. The van der Waals surface area contributed by atoms with Gasteiger partial charge >= 0.3 is 0 Å². The predicted molar refractivity (Wildman–Crippen MR) is 125 cm³/mol. The number of carbonyl (C=O) groups is 1. The first-order chi connectivity index (χ1) is 15.1. The molecule has 1 heterocycles. The number of hydrogen-bond acceptors (Lipinski definition) is 3. The summed E-state index contributed by atoms with van der Waals surface area (Å²) in [5, 5.41) is 6.31. The van der Waals surface area contributed by atoms with Crippen LogP contribution in [0.2, 0.25) is 0 Å². The molecule has 5 nitrogen and oxygen atoms in total. The van der Waals surface area contributed by atoms with Crippen LogP contribution in [-0.4, -0.2) is 23.3 Å². The molecule has 0 aliphatic heterocycles. The van der Waals surface area contributed by atoms with E-state index in [1.54, 1.807) is 6.21 Å². The van der Waals surface area contributed by atoms with E-state index in [1.807, 2.05) is 80.6 Å². The lowest BCUT2D eigenvalue weighted by Gasteiger charge is -2.10. The predicted octanol–water partition coefficient (Wildman–Crippen LogP) is 5.41. The zero-order valence-electron chi connectivity index (χ0n) is 17.9. The quantitative estimate of drug-likeness (QED) is 0.341. The van der Waals surface area contributed by atoms with Crippen molar-refractivity contribution in [3.63, 3.8) is 0 Å². The maximum atomic E-state index is 12.5. The molecular formula is C26H25N3O2. The Hall–Kier alpha value is -3.86. The fraction of sp³-hybridized carbons (Fsp3) is 0.154. The third-order valence-corrected chi connectivity index (χ3v) is 5.26. The zero-order chi connectivity index (χ0) is 21.8. The van der Waals surface area contributed by atoms with Gasteiger partial charge in [0.15, 0.2) is 0 Å². The summed E-state index contributed by atoms with van der Waals surface area (Å²) in [4.78, 5) is 12.5. The van der Waals surface area contributed by atoms with Crippen molar-refractivity contribution in [2.24, 2.45) is 5.10 Å². The Morgan fingerprint density at radius 1 is 1.00 bits per heavy atom. The largest absolute Gasteiger partial charge is 0.494 e. The van der Waals surface area contributed by atoms with Crippen molar-refractivity contribution in [2.75, 3.05) is 6.61 Å². The average molecular weight is 412 g/mol. The van der Waals surface area contributed by atoms with Crippen molar-refractivity contribution < 1.29 is 9.53 Å². The minimum atomic E-state index is -0.234. The maximum Gasteiger partial charge on any atom is 0.271 e. The molecule has 0 aliphatic carbocycles. The first-order valence-electron chi connectivity index (χ1n) is 10.3. The van der Waals surface area contributed by atoms with Crippen molar-refractivity contribution in [1.82, 2.24) is 9.99 Å². The summed E-state index contributed by atoms with van der Waals surface area (Å²) in [7, 11) is 0. The molecule has 156 valence electrons. The van der Waals surface area contributed by atoms with Crippen LogP contribution in [0.4, 0.5) is 0 Å². The monoisotopic (exact) mass is 411 g/mol. The molecule has 1 N–H and O–H groups in total. The topological polar surface area (TPSA) is 55.6 Å². The van der Waals surface area contributed by atoms with Crippen molar-refractivity contribution in [3.8, 4) is 11.4 Å². The van der Waals surface area contributed by atoms with Crippen LogP contribution in [0.25, 0.3) is 16.5 Å². The number of aryl methyl sites for hydroxylation is 1. The van der Waals surface area contributed by atoms with E-state index in [0.717, 1.165) is 39.2 Å². The van der Waals surface area contributed by atoms with E-state index in [-0.39, 0.29) is 5.91 Å². The Balaban J connectivity index is 1.50. The van der Waals surface area contributed by atoms with Crippen LogP contribution in [0.5, 0.6) is 5.75 Å². The first kappa shape index (κ1) is 20.4. The number of nitrogens with one attached hydrogen (secondary N) is 1. The third-order valence-electron chi connectivity index (χ3n) is 5.26. The Labute approximate surface area is 182 Å². The highest BCUT2D eigenvalue weighted by molar-refractivity contribution is 5.99. The van der Waals surface area contributed by atoms with E-state index in [9.17, 15) is 4.79 Å². The fourth-order valence-corrected chi connectivity index (χ4v) is 3.73. The molecule has 0 saturated heterocycles. The molecule has 0 atom stereocenters. The molecule has 3 aromatic carbocycles. The lowest BCUT2D eigenvalue weighted by atomic mass is 10.1. The van der Waals surface area contributed by atoms with E-state index in [2.05, 4.69) is 28.1 Å². The van der Waals surface area contributed by atoms with Gasteiger partial charge in [0.2, 0.25) is 0 Å². The van der Waals surface area contributed by atoms with E-state index < -0.39 is 0 Å². The van der Waals surface area contributed by atoms with Crippen molar-refractivity contribution in [3.05, 3.63) is 95.3 Å². The molecule has 0 radical (unpaired) electrons. The van der Waals surface area contributed by atoms with Crippen molar-refractivity contribution in [2.45, 2.75) is 20.8 Å². The number of aromatic nitrogens is 1. The number of benzene rings is 3. The summed E-state index contributed by atoms with van der Waals surface area (Å²) in [6.45, 7) is 6.70. The van der Waals surface area contributed by atoms with Gasteiger partial charge in [-0.3, -0.25) is 4.79 Å². The molecule has 0 aliphatic rings. The molecule has 0 fully saturated rings. The molecule has 5 heteroatoms. The number of hydrogen-bond donors (Lipinski definition) is 1. The minimum Gasteiger partial charge on any atom is -0.494 e. The molecule has 4 aromatic rings. The Kier molecular flexibility index (Phi) is 5.85. The Morgan fingerprint density at radius 2 is 1.74 bits per heavy atom. The van der Waals surface area contributed by atoms with Crippen LogP contribution >= 0.6 is 0 Å². The number of carbonyl (C=O) groups excluding carboxylic acids is 1. The molecule has 31 heavy (non-hydrogen) atoms. The second kappa shape index (κ2) is 8.88. The zero-order valence-corrected chi connectivity index (χ0v) is 17.9. The molecule has 0 bridgehead atoms. The van der Waals surface area contributed by atoms with Gasteiger partial charge < -0.3 is 9.30 Å². The average Bonchev–Trinajstić information content (AvgIpc) is 3.07. The third kappa shape index (κ3) is 4.36. The van der Waals surface area contributed by atoms with E-state index in [1.165, 1.54) is 0 Å². The second-order valence-corrected chi connectivity index (χ2v) is 7.35. The summed E-state index contributed by atoms with van der Waals surface area (Å²) in [5.74, 6) is 0.620. The number of amides is 1. The molecule has 1 amide bonds. The summed E-state index contributed by atoms with van der Waals surface area (Å²) < 4.78 is 7.68. The van der Waals surface area contributed by atoms with Gasteiger partial charge in [0.25, 0.3) is 5.91 Å².